The van der Waals surface area contributed by atoms with Crippen LogP contribution in [0.5, 0.6) is 0 Å². The van der Waals surface area contributed by atoms with Crippen LogP contribution >= 0.6 is 0 Å². The number of rotatable bonds is 4. The van der Waals surface area contributed by atoms with E-state index in [1.165, 1.54) is 11.8 Å². The molecule has 0 bridgehead atoms. The average molecular weight is 357 g/mol. The smallest absolute Gasteiger partial charge is 0.331 e. The van der Waals surface area contributed by atoms with Crippen LogP contribution in [0.1, 0.15) is 49.5 Å². The zero-order chi connectivity index (χ0) is 18.7. The van der Waals surface area contributed by atoms with Gasteiger partial charge in [-0.3, -0.25) is 9.59 Å². The van der Waals surface area contributed by atoms with Gasteiger partial charge in [-0.05, 0) is 25.8 Å². The normalized spacial score (nSPS) is 16.2. The Labute approximate surface area is 151 Å². The van der Waals surface area contributed by atoms with E-state index in [1.54, 1.807) is 31.2 Å². The Hall–Kier alpha value is -2.70. The van der Waals surface area contributed by atoms with Crippen molar-refractivity contribution in [2.24, 2.45) is 0 Å². The highest BCUT2D eigenvalue weighted by Crippen LogP contribution is 2.30. The minimum Gasteiger partial charge on any atom is -0.467 e. The molecule has 1 aliphatic rings. The highest BCUT2D eigenvalue weighted by atomic mass is 16.5. The van der Waals surface area contributed by atoms with Crippen LogP contribution in [0.4, 0.5) is 0 Å². The molecule has 1 aromatic heterocycles. The van der Waals surface area contributed by atoms with Gasteiger partial charge in [0.25, 0.3) is 11.5 Å². The first-order valence-corrected chi connectivity index (χ1v) is 8.93. The molecule has 0 atom stereocenters. The number of hydrogen-bond donors (Lipinski definition) is 1. The minimum atomic E-state index is -1.03. The summed E-state index contributed by atoms with van der Waals surface area (Å²) in [5, 5.41) is 8.03. The van der Waals surface area contributed by atoms with Crippen LogP contribution < -0.4 is 10.9 Å². The second-order valence-corrected chi connectivity index (χ2v) is 6.60. The molecule has 0 saturated heterocycles. The summed E-state index contributed by atoms with van der Waals surface area (Å²) in [6, 6.07) is 6.89. The van der Waals surface area contributed by atoms with Crippen LogP contribution in [0.25, 0.3) is 10.8 Å². The number of methoxy groups -OCH3 is 1. The first kappa shape index (κ1) is 18.1. The van der Waals surface area contributed by atoms with Crippen LogP contribution in [0.15, 0.2) is 29.1 Å². The lowest BCUT2D eigenvalue weighted by atomic mass is 9.81. The molecule has 3 rings (SSSR count). The van der Waals surface area contributed by atoms with E-state index < -0.39 is 17.4 Å². The third kappa shape index (κ3) is 3.09. The molecule has 1 saturated carbocycles. The number of fused-ring (bicyclic) bond motifs is 1. The highest BCUT2D eigenvalue weighted by Gasteiger charge is 2.42. The van der Waals surface area contributed by atoms with Crippen molar-refractivity contribution >= 4 is 22.6 Å². The molecule has 2 aromatic rings. The van der Waals surface area contributed by atoms with Crippen LogP contribution in [0.2, 0.25) is 0 Å². The van der Waals surface area contributed by atoms with Crippen molar-refractivity contribution in [2.45, 2.75) is 51.1 Å². The molecular weight excluding hydrogens is 334 g/mol. The van der Waals surface area contributed by atoms with Gasteiger partial charge in [0, 0.05) is 11.9 Å². The minimum absolute atomic E-state index is 0.149. The molecule has 0 radical (unpaired) electrons. The molecule has 1 aliphatic carbocycles. The maximum atomic E-state index is 13.0. The Balaban J connectivity index is 2.05. The van der Waals surface area contributed by atoms with Crippen LogP contribution in [-0.2, 0) is 16.1 Å². The lowest BCUT2D eigenvalue weighted by Gasteiger charge is -2.35. The van der Waals surface area contributed by atoms with Crippen molar-refractivity contribution in [2.75, 3.05) is 7.11 Å². The molecule has 0 aliphatic heterocycles. The van der Waals surface area contributed by atoms with Gasteiger partial charge in [0.15, 0.2) is 5.69 Å². The van der Waals surface area contributed by atoms with E-state index in [-0.39, 0.29) is 11.3 Å². The fourth-order valence-electron chi connectivity index (χ4n) is 3.62. The number of esters is 1. The summed E-state index contributed by atoms with van der Waals surface area (Å²) in [6.45, 7) is 2.15. The number of carbonyl (C=O) groups excluding carboxylic acids is 2. The Morgan fingerprint density at radius 1 is 1.19 bits per heavy atom. The Bertz CT molecular complexity index is 897. The van der Waals surface area contributed by atoms with Crippen molar-refractivity contribution < 1.29 is 14.3 Å². The van der Waals surface area contributed by atoms with E-state index in [4.69, 9.17) is 4.74 Å². The van der Waals surface area contributed by atoms with Gasteiger partial charge in [-0.25, -0.2) is 9.48 Å². The highest BCUT2D eigenvalue weighted by molar-refractivity contribution is 6.06. The molecule has 138 valence electrons. The summed E-state index contributed by atoms with van der Waals surface area (Å²) >= 11 is 0. The number of carbonyl (C=O) groups is 2. The fourth-order valence-corrected chi connectivity index (χ4v) is 3.62. The zero-order valence-electron chi connectivity index (χ0n) is 15.1. The standard InChI is InChI=1S/C19H23N3O4/c1-3-22-17(24)14-10-6-5-9-13(14)15(21-22)16(23)20-19(18(25)26-2)11-7-4-8-12-19/h5-6,9-10H,3-4,7-8,11-12H2,1-2H3,(H,20,23). The van der Waals surface area contributed by atoms with Gasteiger partial charge in [0.2, 0.25) is 0 Å². The van der Waals surface area contributed by atoms with Crippen molar-refractivity contribution in [1.82, 2.24) is 15.1 Å². The number of ether oxygens (including phenoxy) is 1. The van der Waals surface area contributed by atoms with E-state index in [2.05, 4.69) is 10.4 Å². The molecular formula is C19H23N3O4. The van der Waals surface area contributed by atoms with E-state index in [0.29, 0.717) is 30.2 Å². The summed E-state index contributed by atoms with van der Waals surface area (Å²) in [6.07, 6.45) is 3.79. The third-order valence-corrected chi connectivity index (χ3v) is 5.02. The Kier molecular flexibility index (Phi) is 5.06. The maximum Gasteiger partial charge on any atom is 0.331 e. The van der Waals surface area contributed by atoms with Crippen LogP contribution in [0, 0.1) is 0 Å². The number of hydrogen-bond acceptors (Lipinski definition) is 5. The van der Waals surface area contributed by atoms with Gasteiger partial charge < -0.3 is 10.1 Å². The van der Waals surface area contributed by atoms with Gasteiger partial charge in [-0.2, -0.15) is 5.10 Å². The van der Waals surface area contributed by atoms with E-state index in [1.807, 2.05) is 0 Å². The van der Waals surface area contributed by atoms with Crippen molar-refractivity contribution in [3.8, 4) is 0 Å². The maximum absolute atomic E-state index is 13.0. The molecule has 1 aromatic carbocycles. The molecule has 1 fully saturated rings. The molecule has 7 nitrogen and oxygen atoms in total. The Morgan fingerprint density at radius 2 is 1.85 bits per heavy atom. The topological polar surface area (TPSA) is 90.3 Å². The van der Waals surface area contributed by atoms with Crippen molar-refractivity contribution in [3.63, 3.8) is 0 Å². The second-order valence-electron chi connectivity index (χ2n) is 6.60. The largest absolute Gasteiger partial charge is 0.467 e. The molecule has 1 N–H and O–H groups in total. The van der Waals surface area contributed by atoms with Gasteiger partial charge >= 0.3 is 5.97 Å². The van der Waals surface area contributed by atoms with Crippen LogP contribution in [0.3, 0.4) is 0 Å². The van der Waals surface area contributed by atoms with E-state index in [9.17, 15) is 14.4 Å². The van der Waals surface area contributed by atoms with Crippen LogP contribution in [-0.4, -0.2) is 34.3 Å². The first-order valence-electron chi connectivity index (χ1n) is 8.93. The van der Waals surface area contributed by atoms with Gasteiger partial charge in [0.05, 0.1) is 12.5 Å². The van der Waals surface area contributed by atoms with Gasteiger partial charge in [0.1, 0.15) is 5.54 Å². The van der Waals surface area contributed by atoms with Crippen molar-refractivity contribution in [1.29, 1.82) is 0 Å². The Morgan fingerprint density at radius 3 is 2.46 bits per heavy atom. The summed E-state index contributed by atoms with van der Waals surface area (Å²) in [7, 11) is 1.33. The number of aromatic nitrogens is 2. The molecule has 1 heterocycles. The average Bonchev–Trinajstić information content (AvgIpc) is 2.68. The summed E-state index contributed by atoms with van der Waals surface area (Å²) in [4.78, 5) is 37.9. The summed E-state index contributed by atoms with van der Waals surface area (Å²) in [5.41, 5.74) is -1.11. The lowest BCUT2D eigenvalue weighted by molar-refractivity contribution is -0.149. The number of amides is 1. The number of nitrogens with one attached hydrogen (secondary N) is 1. The molecule has 0 unspecified atom stereocenters. The predicted molar refractivity (Wildman–Crippen MR) is 97.0 cm³/mol. The third-order valence-electron chi connectivity index (χ3n) is 5.02. The number of aryl methyl sites for hydroxylation is 1. The quantitative estimate of drug-likeness (QED) is 0.846. The van der Waals surface area contributed by atoms with E-state index >= 15 is 0 Å². The SMILES string of the molecule is CCn1nc(C(=O)NC2(C(=O)OC)CCCCC2)c2ccccc2c1=O. The van der Waals surface area contributed by atoms with E-state index in [0.717, 1.165) is 19.3 Å². The monoisotopic (exact) mass is 357 g/mol. The molecule has 26 heavy (non-hydrogen) atoms. The molecule has 1 amide bonds. The number of nitrogens with zero attached hydrogens (tertiary/aromatic N) is 2. The van der Waals surface area contributed by atoms with Gasteiger partial charge in [-0.15, -0.1) is 0 Å². The van der Waals surface area contributed by atoms with Crippen molar-refractivity contribution in [3.05, 3.63) is 40.3 Å². The summed E-state index contributed by atoms with van der Waals surface area (Å²) < 4.78 is 6.22. The predicted octanol–water partition coefficient (Wildman–Crippen LogP) is 2.02. The number of benzene rings is 1. The first-order chi connectivity index (χ1) is 12.5. The molecule has 0 spiro atoms. The fraction of sp³-hybridized carbons (Fsp3) is 0.474. The lowest BCUT2D eigenvalue weighted by Crippen LogP contribution is -2.56. The summed E-state index contributed by atoms with van der Waals surface area (Å²) in [5.74, 6) is -0.894. The molecule has 7 heteroatoms. The van der Waals surface area contributed by atoms with Gasteiger partial charge in [-0.1, -0.05) is 37.5 Å². The second kappa shape index (κ2) is 7.27. The zero-order valence-corrected chi connectivity index (χ0v) is 15.1.